The number of rotatable bonds is 4. The topological polar surface area (TPSA) is 65.3 Å². The van der Waals surface area contributed by atoms with Crippen molar-refractivity contribution in [2.45, 2.75) is 25.9 Å². The summed E-state index contributed by atoms with van der Waals surface area (Å²) in [5.74, 6) is 0.387. The predicted octanol–water partition coefficient (Wildman–Crippen LogP) is 2.73. The van der Waals surface area contributed by atoms with E-state index in [4.69, 9.17) is 10.00 Å². The van der Waals surface area contributed by atoms with Crippen molar-refractivity contribution in [3.63, 3.8) is 0 Å². The van der Waals surface area contributed by atoms with E-state index in [1.807, 2.05) is 13.8 Å². The van der Waals surface area contributed by atoms with E-state index in [9.17, 15) is 5.11 Å². The maximum Gasteiger partial charge on any atom is 0.172 e. The number of ether oxygens (including phenoxy) is 1. The molecular weight excluding hydrogens is 284 g/mol. The first kappa shape index (κ1) is 13.8. The van der Waals surface area contributed by atoms with Crippen LogP contribution in [0.3, 0.4) is 0 Å². The van der Waals surface area contributed by atoms with E-state index in [1.165, 1.54) is 7.11 Å². The van der Waals surface area contributed by atoms with Crippen molar-refractivity contribution in [1.82, 2.24) is 5.32 Å². The van der Waals surface area contributed by atoms with E-state index in [0.29, 0.717) is 10.2 Å². The number of methoxy groups -OCH3 is 1. The minimum atomic E-state index is -0.430. The van der Waals surface area contributed by atoms with E-state index >= 15 is 0 Å². The first-order chi connectivity index (χ1) is 7.99. The lowest BCUT2D eigenvalue weighted by Crippen LogP contribution is -2.27. The van der Waals surface area contributed by atoms with Crippen molar-refractivity contribution in [1.29, 1.82) is 5.26 Å². The van der Waals surface area contributed by atoms with Crippen LogP contribution in [0.5, 0.6) is 11.5 Å². The fourth-order valence-electron chi connectivity index (χ4n) is 1.46. The minimum Gasteiger partial charge on any atom is -0.503 e. The van der Waals surface area contributed by atoms with Crippen LogP contribution in [0.2, 0.25) is 0 Å². The van der Waals surface area contributed by atoms with Crippen LogP contribution in [0.15, 0.2) is 16.6 Å². The number of halogens is 1. The maximum absolute atomic E-state index is 9.68. The molecule has 1 aromatic rings. The molecule has 1 rings (SSSR count). The third-order valence-corrected chi connectivity index (χ3v) is 2.84. The molecule has 2 N–H and O–H groups in total. The Hall–Kier alpha value is -1.25. The molecule has 92 valence electrons. The molecule has 1 aromatic carbocycles. The Morgan fingerprint density at radius 2 is 2.12 bits per heavy atom. The van der Waals surface area contributed by atoms with Crippen molar-refractivity contribution in [2.24, 2.45) is 0 Å². The maximum atomic E-state index is 9.68. The molecule has 5 heteroatoms. The molecule has 0 fully saturated rings. The first-order valence-corrected chi connectivity index (χ1v) is 6.01. The largest absolute Gasteiger partial charge is 0.503 e. The Labute approximate surface area is 109 Å². The monoisotopic (exact) mass is 298 g/mol. The van der Waals surface area contributed by atoms with Gasteiger partial charge in [0.05, 0.1) is 17.7 Å². The number of phenolic OH excluding ortho intramolecular Hbond substituents is 1. The number of phenols is 1. The lowest BCUT2D eigenvalue weighted by Gasteiger charge is -2.16. The van der Waals surface area contributed by atoms with Gasteiger partial charge in [0.25, 0.3) is 0 Å². The number of hydrogen-bond donors (Lipinski definition) is 2. The van der Waals surface area contributed by atoms with Gasteiger partial charge in [0.15, 0.2) is 11.5 Å². The third kappa shape index (κ3) is 3.35. The lowest BCUT2D eigenvalue weighted by atomic mass is 10.1. The van der Waals surface area contributed by atoms with Crippen LogP contribution in [0.1, 0.15) is 25.5 Å². The van der Waals surface area contributed by atoms with Crippen LogP contribution < -0.4 is 10.1 Å². The number of benzene rings is 1. The van der Waals surface area contributed by atoms with Crippen LogP contribution in [-0.4, -0.2) is 18.3 Å². The Kier molecular flexibility index (Phi) is 4.79. The van der Waals surface area contributed by atoms with E-state index in [2.05, 4.69) is 27.3 Å². The fraction of sp³-hybridized carbons (Fsp3) is 0.417. The molecule has 0 saturated carbocycles. The molecule has 0 radical (unpaired) electrons. The zero-order chi connectivity index (χ0) is 13.0. The van der Waals surface area contributed by atoms with Crippen LogP contribution in [0.25, 0.3) is 0 Å². The Bertz CT molecular complexity index is 441. The van der Waals surface area contributed by atoms with Crippen LogP contribution in [0.4, 0.5) is 0 Å². The molecule has 0 aliphatic carbocycles. The number of hydrogen-bond acceptors (Lipinski definition) is 4. The number of nitriles is 1. The molecule has 0 amide bonds. The van der Waals surface area contributed by atoms with Crippen molar-refractivity contribution in [2.75, 3.05) is 7.11 Å². The lowest BCUT2D eigenvalue weighted by molar-refractivity contribution is 0.370. The molecule has 0 spiro atoms. The number of nitrogens with zero attached hydrogens (tertiary/aromatic N) is 1. The van der Waals surface area contributed by atoms with Gasteiger partial charge in [-0.2, -0.15) is 5.26 Å². The van der Waals surface area contributed by atoms with E-state index in [-0.39, 0.29) is 11.8 Å². The van der Waals surface area contributed by atoms with Gasteiger partial charge in [-0.3, -0.25) is 5.32 Å². The zero-order valence-electron chi connectivity index (χ0n) is 9.99. The van der Waals surface area contributed by atoms with Crippen LogP contribution in [0, 0.1) is 11.3 Å². The molecule has 4 nitrogen and oxygen atoms in total. The summed E-state index contributed by atoms with van der Waals surface area (Å²) in [7, 11) is 1.47. The highest BCUT2D eigenvalue weighted by molar-refractivity contribution is 9.10. The molecule has 0 bridgehead atoms. The predicted molar refractivity (Wildman–Crippen MR) is 69.0 cm³/mol. The summed E-state index contributed by atoms with van der Waals surface area (Å²) in [6, 6.07) is 5.31. The smallest absolute Gasteiger partial charge is 0.172 e. The van der Waals surface area contributed by atoms with Gasteiger partial charge in [0.1, 0.15) is 6.04 Å². The number of nitrogens with one attached hydrogen (secondary N) is 1. The van der Waals surface area contributed by atoms with E-state index < -0.39 is 6.04 Å². The van der Waals surface area contributed by atoms with Gasteiger partial charge in [-0.15, -0.1) is 0 Å². The summed E-state index contributed by atoms with van der Waals surface area (Å²) < 4.78 is 5.56. The zero-order valence-corrected chi connectivity index (χ0v) is 11.6. The van der Waals surface area contributed by atoms with E-state index in [0.717, 1.165) is 5.56 Å². The molecule has 0 aliphatic heterocycles. The second-order valence-corrected chi connectivity index (χ2v) is 4.79. The van der Waals surface area contributed by atoms with E-state index in [1.54, 1.807) is 12.1 Å². The number of aromatic hydroxyl groups is 1. The highest BCUT2D eigenvalue weighted by atomic mass is 79.9. The fourth-order valence-corrected chi connectivity index (χ4v) is 1.92. The molecule has 0 saturated heterocycles. The second-order valence-electron chi connectivity index (χ2n) is 3.94. The summed E-state index contributed by atoms with van der Waals surface area (Å²) in [5.41, 5.74) is 0.753. The molecule has 0 aromatic heterocycles. The highest BCUT2D eigenvalue weighted by Gasteiger charge is 2.16. The normalized spacial score (nSPS) is 12.2. The van der Waals surface area contributed by atoms with Crippen molar-refractivity contribution in [3.05, 3.63) is 22.2 Å². The Balaban J connectivity index is 3.13. The third-order valence-electron chi connectivity index (χ3n) is 2.23. The Morgan fingerprint density at radius 1 is 1.47 bits per heavy atom. The molecule has 1 unspecified atom stereocenters. The van der Waals surface area contributed by atoms with Crippen LogP contribution >= 0.6 is 15.9 Å². The highest BCUT2D eigenvalue weighted by Crippen LogP contribution is 2.36. The average molecular weight is 299 g/mol. The molecule has 0 heterocycles. The molecule has 1 atom stereocenters. The molecular formula is C12H15BrN2O2. The van der Waals surface area contributed by atoms with Gasteiger partial charge in [0.2, 0.25) is 0 Å². The van der Waals surface area contributed by atoms with Gasteiger partial charge in [-0.05, 0) is 47.5 Å². The minimum absolute atomic E-state index is 0.0393. The average Bonchev–Trinajstić information content (AvgIpc) is 2.29. The van der Waals surface area contributed by atoms with Crippen molar-refractivity contribution in [3.8, 4) is 17.6 Å². The van der Waals surface area contributed by atoms with Gasteiger partial charge < -0.3 is 9.84 Å². The molecule has 0 aliphatic rings. The SMILES string of the molecule is COc1cc(C(C#N)NC(C)C)cc(Br)c1O. The van der Waals surface area contributed by atoms with Gasteiger partial charge >= 0.3 is 0 Å². The van der Waals surface area contributed by atoms with Gasteiger partial charge in [0, 0.05) is 6.04 Å². The van der Waals surface area contributed by atoms with Crippen molar-refractivity contribution >= 4 is 15.9 Å². The quantitative estimate of drug-likeness (QED) is 0.897. The van der Waals surface area contributed by atoms with Crippen LogP contribution in [-0.2, 0) is 0 Å². The van der Waals surface area contributed by atoms with Gasteiger partial charge in [-0.25, -0.2) is 0 Å². The molecule has 17 heavy (non-hydrogen) atoms. The standard InChI is InChI=1S/C12H15BrN2O2/c1-7(2)15-10(6-14)8-4-9(13)12(16)11(5-8)17-3/h4-5,7,10,15-16H,1-3H3. The summed E-state index contributed by atoms with van der Waals surface area (Å²) in [6.07, 6.45) is 0. The summed E-state index contributed by atoms with van der Waals surface area (Å²) >= 11 is 3.23. The first-order valence-electron chi connectivity index (χ1n) is 5.21. The van der Waals surface area contributed by atoms with Crippen molar-refractivity contribution < 1.29 is 9.84 Å². The second kappa shape index (κ2) is 5.89. The van der Waals surface area contributed by atoms with Gasteiger partial charge in [-0.1, -0.05) is 0 Å². The summed E-state index contributed by atoms with van der Waals surface area (Å²) in [4.78, 5) is 0. The summed E-state index contributed by atoms with van der Waals surface area (Å²) in [6.45, 7) is 3.94. The summed E-state index contributed by atoms with van der Waals surface area (Å²) in [5, 5.41) is 21.9. The Morgan fingerprint density at radius 3 is 2.59 bits per heavy atom.